The van der Waals surface area contributed by atoms with E-state index in [0.29, 0.717) is 24.4 Å². The molecule has 1 N–H and O–H groups in total. The number of amides is 3. The molecular weight excluding hydrogens is 386 g/mol. The van der Waals surface area contributed by atoms with Crippen LogP contribution in [0, 0.1) is 0 Å². The number of hydrogen-bond donors (Lipinski definition) is 1. The summed E-state index contributed by atoms with van der Waals surface area (Å²) < 4.78 is 1.08. The number of fused-ring (bicyclic) bond motifs is 1. The van der Waals surface area contributed by atoms with E-state index >= 15 is 0 Å². The number of thiophene rings is 1. The lowest BCUT2D eigenvalue weighted by Gasteiger charge is -2.30. The molecule has 3 heterocycles. The van der Waals surface area contributed by atoms with E-state index in [-0.39, 0.29) is 30.3 Å². The molecule has 6 nitrogen and oxygen atoms in total. The molecule has 2 fully saturated rings. The summed E-state index contributed by atoms with van der Waals surface area (Å²) >= 11 is 1.50. The highest BCUT2D eigenvalue weighted by Gasteiger charge is 2.30. The Morgan fingerprint density at radius 2 is 2.00 bits per heavy atom. The Hall–Kier alpha value is -2.41. The zero-order valence-electron chi connectivity index (χ0n) is 16.8. The van der Waals surface area contributed by atoms with Crippen LogP contribution in [0.15, 0.2) is 24.3 Å². The second-order valence-corrected chi connectivity index (χ2v) is 8.95. The standard InChI is InChI=1S/C22H27N3O3S/c1-15(26)25-11-6-2-3-7-16(25)13-18-17-8-4-5-9-19(17)29-21(18)22(28)24-12-10-23-20(27)14-24/h4-5,8-9,16H,2-3,6-7,10-14H2,1H3,(H,23,27)/t16-/m0/s1. The fraction of sp³-hybridized carbons (Fsp3) is 0.500. The second-order valence-electron chi connectivity index (χ2n) is 7.90. The van der Waals surface area contributed by atoms with Gasteiger partial charge >= 0.3 is 0 Å². The third-order valence-corrected chi connectivity index (χ3v) is 7.14. The number of benzene rings is 1. The molecule has 29 heavy (non-hydrogen) atoms. The summed E-state index contributed by atoms with van der Waals surface area (Å²) in [6, 6.07) is 8.20. The van der Waals surface area contributed by atoms with Crippen LogP contribution in [0.5, 0.6) is 0 Å². The Morgan fingerprint density at radius 3 is 2.79 bits per heavy atom. The number of hydrogen-bond acceptors (Lipinski definition) is 4. The van der Waals surface area contributed by atoms with Gasteiger partial charge in [-0.15, -0.1) is 11.3 Å². The molecule has 154 valence electrons. The highest BCUT2D eigenvalue weighted by atomic mass is 32.1. The van der Waals surface area contributed by atoms with Gasteiger partial charge in [-0.05, 0) is 36.3 Å². The lowest BCUT2D eigenvalue weighted by molar-refractivity contribution is -0.131. The van der Waals surface area contributed by atoms with E-state index < -0.39 is 0 Å². The van der Waals surface area contributed by atoms with Crippen LogP contribution < -0.4 is 5.32 Å². The molecule has 2 saturated heterocycles. The van der Waals surface area contributed by atoms with Gasteiger partial charge in [-0.3, -0.25) is 14.4 Å². The average Bonchev–Trinajstić information content (AvgIpc) is 2.90. The molecule has 2 aliphatic heterocycles. The van der Waals surface area contributed by atoms with Gasteiger partial charge in [0, 0.05) is 37.3 Å². The minimum Gasteiger partial charge on any atom is -0.353 e. The zero-order valence-corrected chi connectivity index (χ0v) is 17.6. The van der Waals surface area contributed by atoms with Crippen LogP contribution in [0.1, 0.15) is 47.8 Å². The maximum absolute atomic E-state index is 13.3. The SMILES string of the molecule is CC(=O)N1CCCCC[C@H]1Cc1c(C(=O)N2CCNC(=O)C2)sc2ccccc12. The van der Waals surface area contributed by atoms with Crippen molar-refractivity contribution in [3.05, 3.63) is 34.7 Å². The number of carbonyl (C=O) groups excluding carboxylic acids is 3. The fourth-order valence-corrected chi connectivity index (χ4v) is 5.67. The minimum absolute atomic E-state index is 0.0703. The molecule has 0 bridgehead atoms. The summed E-state index contributed by atoms with van der Waals surface area (Å²) in [6.45, 7) is 3.56. The van der Waals surface area contributed by atoms with E-state index in [1.807, 2.05) is 23.1 Å². The van der Waals surface area contributed by atoms with E-state index in [2.05, 4.69) is 11.4 Å². The largest absolute Gasteiger partial charge is 0.353 e. The molecule has 3 amide bonds. The van der Waals surface area contributed by atoms with Gasteiger partial charge in [0.2, 0.25) is 11.8 Å². The van der Waals surface area contributed by atoms with Crippen LogP contribution in [0.4, 0.5) is 0 Å². The van der Waals surface area contributed by atoms with Crippen molar-refractivity contribution in [3.8, 4) is 0 Å². The number of carbonyl (C=O) groups is 3. The van der Waals surface area contributed by atoms with Gasteiger partial charge in [-0.25, -0.2) is 0 Å². The first-order valence-electron chi connectivity index (χ1n) is 10.4. The van der Waals surface area contributed by atoms with Crippen molar-refractivity contribution in [2.45, 2.75) is 45.1 Å². The lowest BCUT2D eigenvalue weighted by Crippen LogP contribution is -2.50. The first-order chi connectivity index (χ1) is 14.0. The van der Waals surface area contributed by atoms with Crippen molar-refractivity contribution >= 4 is 39.1 Å². The first-order valence-corrected chi connectivity index (χ1v) is 11.2. The molecule has 0 saturated carbocycles. The molecular formula is C22H27N3O3S. The van der Waals surface area contributed by atoms with E-state index in [1.54, 1.807) is 11.8 Å². The molecule has 0 aliphatic carbocycles. The van der Waals surface area contributed by atoms with Gasteiger partial charge < -0.3 is 15.1 Å². The van der Waals surface area contributed by atoms with Crippen LogP contribution >= 0.6 is 11.3 Å². The van der Waals surface area contributed by atoms with Crippen molar-refractivity contribution in [1.82, 2.24) is 15.1 Å². The molecule has 4 rings (SSSR count). The maximum Gasteiger partial charge on any atom is 0.264 e. The Kier molecular flexibility index (Phi) is 5.85. The number of nitrogens with one attached hydrogen (secondary N) is 1. The van der Waals surface area contributed by atoms with Crippen molar-refractivity contribution in [2.75, 3.05) is 26.2 Å². The highest BCUT2D eigenvalue weighted by molar-refractivity contribution is 7.21. The van der Waals surface area contributed by atoms with Gasteiger partial charge in [-0.1, -0.05) is 31.0 Å². The van der Waals surface area contributed by atoms with Gasteiger partial charge in [0.1, 0.15) is 0 Å². The normalized spacial score (nSPS) is 20.4. The maximum atomic E-state index is 13.3. The number of likely N-dealkylation sites (tertiary alicyclic amines) is 1. The average molecular weight is 414 g/mol. The van der Waals surface area contributed by atoms with Crippen molar-refractivity contribution in [2.24, 2.45) is 0 Å². The highest BCUT2D eigenvalue weighted by Crippen LogP contribution is 2.35. The number of rotatable bonds is 3. The van der Waals surface area contributed by atoms with Crippen LogP contribution in [0.2, 0.25) is 0 Å². The number of nitrogens with zero attached hydrogens (tertiary/aromatic N) is 2. The third kappa shape index (κ3) is 4.15. The summed E-state index contributed by atoms with van der Waals surface area (Å²) in [6.07, 6.45) is 4.93. The Morgan fingerprint density at radius 1 is 1.17 bits per heavy atom. The topological polar surface area (TPSA) is 69.7 Å². The fourth-order valence-electron chi connectivity index (χ4n) is 4.47. The molecule has 1 aromatic heterocycles. The lowest BCUT2D eigenvalue weighted by atomic mass is 9.97. The van der Waals surface area contributed by atoms with Crippen molar-refractivity contribution < 1.29 is 14.4 Å². The molecule has 7 heteroatoms. The monoisotopic (exact) mass is 413 g/mol. The Labute approximate surface area is 174 Å². The summed E-state index contributed by atoms with van der Waals surface area (Å²) in [4.78, 5) is 41.7. The van der Waals surface area contributed by atoms with E-state index in [1.165, 1.54) is 11.3 Å². The minimum atomic E-state index is -0.112. The smallest absolute Gasteiger partial charge is 0.264 e. The molecule has 0 radical (unpaired) electrons. The molecule has 1 atom stereocenters. The number of piperazine rings is 1. The van der Waals surface area contributed by atoms with Gasteiger partial charge in [0.15, 0.2) is 0 Å². The van der Waals surface area contributed by atoms with E-state index in [0.717, 1.165) is 47.9 Å². The third-order valence-electron chi connectivity index (χ3n) is 5.94. The van der Waals surface area contributed by atoms with Crippen LogP contribution in [-0.2, 0) is 16.0 Å². The molecule has 2 aromatic rings. The summed E-state index contributed by atoms with van der Waals surface area (Å²) in [5, 5.41) is 3.87. The van der Waals surface area contributed by atoms with Crippen LogP contribution in [-0.4, -0.2) is 59.7 Å². The summed E-state index contributed by atoms with van der Waals surface area (Å²) in [7, 11) is 0. The summed E-state index contributed by atoms with van der Waals surface area (Å²) in [5.41, 5.74) is 1.03. The van der Waals surface area contributed by atoms with Crippen LogP contribution in [0.3, 0.4) is 0 Å². The van der Waals surface area contributed by atoms with Gasteiger partial charge in [0.25, 0.3) is 5.91 Å². The molecule has 0 spiro atoms. The Balaban J connectivity index is 1.70. The first kappa shape index (κ1) is 19.9. The molecule has 2 aliphatic rings. The summed E-state index contributed by atoms with van der Waals surface area (Å²) in [5.74, 6) is -0.0742. The molecule has 0 unspecified atom stereocenters. The zero-order chi connectivity index (χ0) is 20.4. The molecule has 1 aromatic carbocycles. The van der Waals surface area contributed by atoms with Crippen molar-refractivity contribution in [3.63, 3.8) is 0 Å². The predicted octanol–water partition coefficient (Wildman–Crippen LogP) is 2.81. The predicted molar refractivity (Wildman–Crippen MR) is 114 cm³/mol. The van der Waals surface area contributed by atoms with Gasteiger partial charge in [-0.2, -0.15) is 0 Å². The Bertz CT molecular complexity index is 939. The van der Waals surface area contributed by atoms with Crippen molar-refractivity contribution in [1.29, 1.82) is 0 Å². The quantitative estimate of drug-likeness (QED) is 0.841. The van der Waals surface area contributed by atoms with E-state index in [4.69, 9.17) is 0 Å². The second kappa shape index (κ2) is 8.53. The van der Waals surface area contributed by atoms with E-state index in [9.17, 15) is 14.4 Å². The van der Waals surface area contributed by atoms with Gasteiger partial charge in [0.05, 0.1) is 11.4 Å². The van der Waals surface area contributed by atoms with Crippen LogP contribution in [0.25, 0.3) is 10.1 Å².